The van der Waals surface area contributed by atoms with Gasteiger partial charge >= 0.3 is 0 Å². The van der Waals surface area contributed by atoms with Crippen LogP contribution < -0.4 is 0 Å². The van der Waals surface area contributed by atoms with Gasteiger partial charge < -0.3 is 13.8 Å². The Morgan fingerprint density at radius 2 is 1.86 bits per heavy atom. The fraction of sp³-hybridized carbons (Fsp3) is 0.200. The number of hydrogen-bond acceptors (Lipinski definition) is 7. The van der Waals surface area contributed by atoms with Crippen LogP contribution in [-0.2, 0) is 4.79 Å². The average molecular weight is 392 g/mol. The Balaban J connectivity index is 1.15. The normalized spacial score (nSPS) is 14.4. The summed E-state index contributed by atoms with van der Waals surface area (Å²) in [5.41, 5.74) is 2.44. The minimum atomic E-state index is 0.0475. The van der Waals surface area contributed by atoms with Crippen molar-refractivity contribution < 1.29 is 13.7 Å². The van der Waals surface area contributed by atoms with Gasteiger partial charge in [0.15, 0.2) is 5.58 Å². The van der Waals surface area contributed by atoms with E-state index in [9.17, 15) is 4.79 Å². The Hall–Kier alpha value is -3.13. The molecule has 0 unspecified atom stereocenters. The van der Waals surface area contributed by atoms with Crippen LogP contribution in [0.1, 0.15) is 11.8 Å². The van der Waals surface area contributed by atoms with Crippen molar-refractivity contribution in [3.63, 3.8) is 0 Å². The summed E-state index contributed by atoms with van der Waals surface area (Å²) >= 11 is 1.31. The van der Waals surface area contributed by atoms with Gasteiger partial charge in [0.05, 0.1) is 11.7 Å². The zero-order chi connectivity index (χ0) is 18.9. The lowest BCUT2D eigenvalue weighted by Crippen LogP contribution is -2.49. The van der Waals surface area contributed by atoms with Gasteiger partial charge in [0.1, 0.15) is 5.52 Å². The minimum absolute atomic E-state index is 0.0475. The van der Waals surface area contributed by atoms with Crippen LogP contribution in [0.4, 0.5) is 0 Å². The lowest BCUT2D eigenvalue weighted by molar-refractivity contribution is -0.133. The van der Waals surface area contributed by atoms with E-state index in [-0.39, 0.29) is 11.8 Å². The van der Waals surface area contributed by atoms with Crippen LogP contribution in [0, 0.1) is 0 Å². The molecule has 7 nitrogen and oxygen atoms in total. The first kappa shape index (κ1) is 17.0. The van der Waals surface area contributed by atoms with Crippen LogP contribution in [0.3, 0.4) is 0 Å². The summed E-state index contributed by atoms with van der Waals surface area (Å²) in [7, 11) is 0. The third-order valence-electron chi connectivity index (χ3n) is 4.65. The molecule has 0 radical (unpaired) electrons. The first-order valence-corrected chi connectivity index (χ1v) is 9.90. The Morgan fingerprint density at radius 3 is 2.68 bits per heavy atom. The second-order valence-electron chi connectivity index (χ2n) is 6.55. The molecule has 1 aliphatic rings. The van der Waals surface area contributed by atoms with Crippen molar-refractivity contribution in [3.8, 4) is 11.4 Å². The monoisotopic (exact) mass is 392 g/mol. The summed E-state index contributed by atoms with van der Waals surface area (Å²) in [6, 6.07) is 17.2. The van der Waals surface area contributed by atoms with Gasteiger partial charge in [0.2, 0.25) is 17.6 Å². The number of amides is 1. The lowest BCUT2D eigenvalue weighted by Gasteiger charge is -2.36. The summed E-state index contributed by atoms with van der Waals surface area (Å²) < 4.78 is 11.0. The number of nitrogens with zero attached hydrogens (tertiary/aromatic N) is 4. The molecule has 0 N–H and O–H groups in total. The smallest absolute Gasteiger partial charge is 0.257 e. The maximum Gasteiger partial charge on any atom is 0.257 e. The van der Waals surface area contributed by atoms with Gasteiger partial charge in [-0.3, -0.25) is 4.79 Å². The van der Waals surface area contributed by atoms with Gasteiger partial charge in [-0.15, -0.1) is 0 Å². The number of rotatable bonds is 5. The molecule has 28 heavy (non-hydrogen) atoms. The highest BCUT2D eigenvalue weighted by molar-refractivity contribution is 7.99. The van der Waals surface area contributed by atoms with E-state index in [0.29, 0.717) is 35.8 Å². The van der Waals surface area contributed by atoms with Crippen molar-refractivity contribution >= 4 is 28.8 Å². The van der Waals surface area contributed by atoms with Crippen LogP contribution in [0.5, 0.6) is 0 Å². The molecule has 0 atom stereocenters. The van der Waals surface area contributed by atoms with Crippen LogP contribution in [-0.4, -0.2) is 44.8 Å². The number of hydrogen-bond donors (Lipinski definition) is 0. The molecule has 1 fully saturated rings. The van der Waals surface area contributed by atoms with Crippen molar-refractivity contribution in [2.24, 2.45) is 0 Å². The largest absolute Gasteiger partial charge is 0.431 e. The summed E-state index contributed by atoms with van der Waals surface area (Å²) in [6.07, 6.45) is 0. The number of para-hydroxylation sites is 2. The van der Waals surface area contributed by atoms with Crippen molar-refractivity contribution in [1.82, 2.24) is 20.0 Å². The molecule has 1 amide bonds. The SMILES string of the molecule is O=C(CSc1nc2ccccc2o1)N1CC(c2nc(-c3ccccc3)no2)C1. The topological polar surface area (TPSA) is 85.3 Å². The van der Waals surface area contributed by atoms with E-state index in [4.69, 9.17) is 8.94 Å². The van der Waals surface area contributed by atoms with Gasteiger partial charge in [-0.05, 0) is 12.1 Å². The third-order valence-corrected chi connectivity index (χ3v) is 5.46. The number of aromatic nitrogens is 3. The Bertz CT molecular complexity index is 1090. The van der Waals surface area contributed by atoms with E-state index in [0.717, 1.165) is 16.7 Å². The van der Waals surface area contributed by atoms with Crippen molar-refractivity contribution in [1.29, 1.82) is 0 Å². The standard InChI is InChI=1S/C20H16N4O3S/c25-17(12-28-20-21-15-8-4-5-9-16(15)26-20)24-10-14(11-24)19-22-18(23-27-19)13-6-2-1-3-7-13/h1-9,14H,10-12H2. The molecule has 0 spiro atoms. The fourth-order valence-corrected chi connectivity index (χ4v) is 3.81. The van der Waals surface area contributed by atoms with Crippen LogP contribution in [0.15, 0.2) is 68.8 Å². The quantitative estimate of drug-likeness (QED) is 0.480. The second-order valence-corrected chi connectivity index (χ2v) is 7.48. The summed E-state index contributed by atoms with van der Waals surface area (Å²) in [5, 5.41) is 4.55. The first-order valence-electron chi connectivity index (χ1n) is 8.91. The van der Waals surface area contributed by atoms with Crippen LogP contribution in [0.2, 0.25) is 0 Å². The Labute approximate surface area is 164 Å². The maximum absolute atomic E-state index is 12.4. The number of likely N-dealkylation sites (tertiary alicyclic amines) is 1. The van der Waals surface area contributed by atoms with E-state index < -0.39 is 0 Å². The molecule has 2 aromatic heterocycles. The molecule has 0 saturated carbocycles. The number of fused-ring (bicyclic) bond motifs is 1. The van der Waals surface area contributed by atoms with Gasteiger partial charge in [0.25, 0.3) is 5.22 Å². The van der Waals surface area contributed by atoms with Crippen molar-refractivity contribution in [2.75, 3.05) is 18.8 Å². The molecular weight excluding hydrogens is 376 g/mol. The zero-order valence-electron chi connectivity index (χ0n) is 14.8. The molecule has 0 bridgehead atoms. The molecule has 1 aliphatic heterocycles. The van der Waals surface area contributed by atoms with E-state index >= 15 is 0 Å². The van der Waals surface area contributed by atoms with Gasteiger partial charge in [-0.25, -0.2) is 4.98 Å². The predicted molar refractivity (Wildman–Crippen MR) is 104 cm³/mol. The van der Waals surface area contributed by atoms with Gasteiger partial charge in [-0.1, -0.05) is 59.4 Å². The number of benzene rings is 2. The summed E-state index contributed by atoms with van der Waals surface area (Å²) in [6.45, 7) is 1.17. The lowest BCUT2D eigenvalue weighted by atomic mass is 10.0. The first-order chi connectivity index (χ1) is 13.8. The van der Waals surface area contributed by atoms with E-state index in [2.05, 4.69) is 15.1 Å². The van der Waals surface area contributed by atoms with Crippen molar-refractivity contribution in [2.45, 2.75) is 11.1 Å². The third kappa shape index (κ3) is 3.27. The molecule has 5 rings (SSSR count). The average Bonchev–Trinajstić information content (AvgIpc) is 3.33. The summed E-state index contributed by atoms with van der Waals surface area (Å²) in [4.78, 5) is 23.0. The molecular formula is C20H16N4O3S. The minimum Gasteiger partial charge on any atom is -0.431 e. The number of carbonyl (C=O) groups is 1. The zero-order valence-corrected chi connectivity index (χ0v) is 15.6. The molecule has 2 aromatic carbocycles. The highest BCUT2D eigenvalue weighted by Gasteiger charge is 2.35. The van der Waals surface area contributed by atoms with Crippen LogP contribution in [0.25, 0.3) is 22.5 Å². The van der Waals surface area contributed by atoms with Gasteiger partial charge in [-0.2, -0.15) is 4.98 Å². The molecule has 8 heteroatoms. The summed E-state index contributed by atoms with van der Waals surface area (Å²) in [5.74, 6) is 1.58. The Kier molecular flexibility index (Phi) is 4.32. The fourth-order valence-electron chi connectivity index (χ4n) is 3.07. The van der Waals surface area contributed by atoms with Crippen LogP contribution >= 0.6 is 11.8 Å². The molecule has 0 aliphatic carbocycles. The molecule has 3 heterocycles. The maximum atomic E-state index is 12.4. The van der Waals surface area contributed by atoms with Gasteiger partial charge in [0, 0.05) is 18.7 Å². The van der Waals surface area contributed by atoms with E-state index in [1.54, 1.807) is 4.90 Å². The number of carbonyl (C=O) groups excluding carboxylic acids is 1. The molecule has 4 aromatic rings. The highest BCUT2D eigenvalue weighted by Crippen LogP contribution is 2.29. The molecule has 1 saturated heterocycles. The van der Waals surface area contributed by atoms with E-state index in [1.807, 2.05) is 54.6 Å². The molecule has 140 valence electrons. The number of thioether (sulfide) groups is 1. The number of oxazole rings is 1. The second kappa shape index (κ2) is 7.12. The highest BCUT2D eigenvalue weighted by atomic mass is 32.2. The Morgan fingerprint density at radius 1 is 1.07 bits per heavy atom. The van der Waals surface area contributed by atoms with E-state index in [1.165, 1.54) is 11.8 Å². The van der Waals surface area contributed by atoms with Crippen molar-refractivity contribution in [3.05, 3.63) is 60.5 Å². The predicted octanol–water partition coefficient (Wildman–Crippen LogP) is 3.60.